The van der Waals surface area contributed by atoms with Crippen molar-refractivity contribution < 1.29 is 14.3 Å². The Morgan fingerprint density at radius 3 is 3.00 bits per heavy atom. The minimum atomic E-state index is -0.393. The van der Waals surface area contributed by atoms with Crippen LogP contribution in [-0.4, -0.2) is 42.7 Å². The van der Waals surface area contributed by atoms with E-state index in [9.17, 15) is 9.59 Å². The molecular formula is C11H17N3O3. The Kier molecular flexibility index (Phi) is 2.56. The van der Waals surface area contributed by atoms with Crippen LogP contribution in [0.4, 0.5) is 0 Å². The zero-order chi connectivity index (χ0) is 12.0. The fourth-order valence-electron chi connectivity index (χ4n) is 3.00. The molecule has 6 heteroatoms. The van der Waals surface area contributed by atoms with Gasteiger partial charge in [-0.1, -0.05) is 0 Å². The predicted molar refractivity (Wildman–Crippen MR) is 58.9 cm³/mol. The Balaban J connectivity index is 1.57. The molecule has 0 aromatic carbocycles. The van der Waals surface area contributed by atoms with Gasteiger partial charge < -0.3 is 21.1 Å². The van der Waals surface area contributed by atoms with E-state index in [2.05, 4.69) is 10.6 Å². The maximum Gasteiger partial charge on any atom is 0.242 e. The third-order valence-electron chi connectivity index (χ3n) is 4.07. The number of nitrogens with two attached hydrogens (primary N) is 1. The van der Waals surface area contributed by atoms with Crippen molar-refractivity contribution in [3.05, 3.63) is 0 Å². The van der Waals surface area contributed by atoms with E-state index in [0.717, 1.165) is 13.0 Å². The van der Waals surface area contributed by atoms with Gasteiger partial charge in [0.05, 0.1) is 12.1 Å². The molecule has 0 aromatic rings. The van der Waals surface area contributed by atoms with Gasteiger partial charge in [-0.25, -0.2) is 0 Å². The fraction of sp³-hybridized carbons (Fsp3) is 0.818. The summed E-state index contributed by atoms with van der Waals surface area (Å²) in [5, 5.41) is 5.55. The van der Waals surface area contributed by atoms with E-state index in [0.29, 0.717) is 18.8 Å². The van der Waals surface area contributed by atoms with Crippen molar-refractivity contribution in [1.29, 1.82) is 0 Å². The first-order valence-corrected chi connectivity index (χ1v) is 6.14. The summed E-state index contributed by atoms with van der Waals surface area (Å²) in [5.74, 6) is 0.196. The molecule has 5 atom stereocenters. The van der Waals surface area contributed by atoms with E-state index in [1.54, 1.807) is 0 Å². The van der Waals surface area contributed by atoms with Crippen LogP contribution in [0.15, 0.2) is 0 Å². The Labute approximate surface area is 99.2 Å². The first-order valence-electron chi connectivity index (χ1n) is 6.14. The van der Waals surface area contributed by atoms with Crippen molar-refractivity contribution in [2.45, 2.75) is 43.5 Å². The molecule has 1 saturated carbocycles. The Hall–Kier alpha value is -1.14. The van der Waals surface area contributed by atoms with Gasteiger partial charge in [-0.05, 0) is 12.8 Å². The second-order valence-corrected chi connectivity index (χ2v) is 5.06. The highest BCUT2D eigenvalue weighted by molar-refractivity contribution is 5.91. The van der Waals surface area contributed by atoms with Crippen LogP contribution < -0.4 is 16.4 Å². The molecule has 2 amide bonds. The standard InChI is InChI=1S/C11H17N3O3/c12-8-5-3-4-17-10(5)9(8)14-11(16)6-1-2-7(15)13-6/h5-6,8-10H,1-4,12H2,(H,13,15)(H,14,16)/t5?,6-,8?,9?,10?/m0/s1. The second-order valence-electron chi connectivity index (χ2n) is 5.06. The summed E-state index contributed by atoms with van der Waals surface area (Å²) in [6, 6.07) is -0.494. The van der Waals surface area contributed by atoms with Gasteiger partial charge in [0.2, 0.25) is 11.8 Å². The van der Waals surface area contributed by atoms with Gasteiger partial charge >= 0.3 is 0 Å². The molecule has 2 aliphatic heterocycles. The topological polar surface area (TPSA) is 93.4 Å². The molecule has 0 radical (unpaired) electrons. The summed E-state index contributed by atoms with van der Waals surface area (Å²) >= 11 is 0. The quantitative estimate of drug-likeness (QED) is 0.546. The molecule has 17 heavy (non-hydrogen) atoms. The van der Waals surface area contributed by atoms with E-state index < -0.39 is 6.04 Å². The van der Waals surface area contributed by atoms with Gasteiger partial charge in [-0.15, -0.1) is 0 Å². The number of ether oxygens (including phenoxy) is 1. The number of nitrogens with one attached hydrogen (secondary N) is 2. The summed E-state index contributed by atoms with van der Waals surface area (Å²) in [5.41, 5.74) is 6.00. The van der Waals surface area contributed by atoms with Gasteiger partial charge in [-0.3, -0.25) is 9.59 Å². The van der Waals surface area contributed by atoms with E-state index in [-0.39, 0.29) is 30.0 Å². The SMILES string of the molecule is NC1C2CCOC2C1NC(=O)[C@@H]1CCC(=O)N1. The predicted octanol–water partition coefficient (Wildman–Crippen LogP) is -1.50. The second kappa shape index (κ2) is 3.96. The van der Waals surface area contributed by atoms with Crippen LogP contribution in [0.3, 0.4) is 0 Å². The van der Waals surface area contributed by atoms with Crippen LogP contribution in [0.25, 0.3) is 0 Å². The van der Waals surface area contributed by atoms with Crippen molar-refractivity contribution in [3.63, 3.8) is 0 Å². The number of carbonyl (C=O) groups is 2. The highest BCUT2D eigenvalue weighted by Crippen LogP contribution is 2.37. The molecule has 3 aliphatic rings. The van der Waals surface area contributed by atoms with Crippen LogP contribution in [0.2, 0.25) is 0 Å². The van der Waals surface area contributed by atoms with Gasteiger partial charge in [0.15, 0.2) is 0 Å². The average Bonchev–Trinajstić information content (AvgIpc) is 2.92. The van der Waals surface area contributed by atoms with Crippen molar-refractivity contribution in [2.75, 3.05) is 6.61 Å². The smallest absolute Gasteiger partial charge is 0.242 e. The molecule has 2 saturated heterocycles. The average molecular weight is 239 g/mol. The van der Waals surface area contributed by atoms with Crippen LogP contribution >= 0.6 is 0 Å². The van der Waals surface area contributed by atoms with Gasteiger partial charge in [-0.2, -0.15) is 0 Å². The van der Waals surface area contributed by atoms with E-state index in [1.807, 2.05) is 0 Å². The number of carbonyl (C=O) groups excluding carboxylic acids is 2. The molecule has 4 unspecified atom stereocenters. The Bertz CT molecular complexity index is 360. The molecule has 4 N–H and O–H groups in total. The fourth-order valence-corrected chi connectivity index (χ4v) is 3.00. The van der Waals surface area contributed by atoms with E-state index in [1.165, 1.54) is 0 Å². The first kappa shape index (κ1) is 11.0. The van der Waals surface area contributed by atoms with Gasteiger partial charge in [0.25, 0.3) is 0 Å². The summed E-state index contributed by atoms with van der Waals surface area (Å²) in [6.45, 7) is 0.732. The van der Waals surface area contributed by atoms with Crippen LogP contribution in [-0.2, 0) is 14.3 Å². The summed E-state index contributed by atoms with van der Waals surface area (Å²) in [4.78, 5) is 22.9. The molecule has 94 valence electrons. The number of fused-ring (bicyclic) bond motifs is 1. The maximum atomic E-state index is 11.9. The van der Waals surface area contributed by atoms with Crippen LogP contribution in [0, 0.1) is 5.92 Å². The zero-order valence-corrected chi connectivity index (χ0v) is 9.52. The molecule has 1 aliphatic carbocycles. The summed E-state index contributed by atoms with van der Waals surface area (Å²) < 4.78 is 5.54. The third kappa shape index (κ3) is 1.71. The van der Waals surface area contributed by atoms with Crippen molar-refractivity contribution >= 4 is 11.8 Å². The molecular weight excluding hydrogens is 222 g/mol. The normalized spacial score (nSPS) is 43.8. The number of hydrogen-bond donors (Lipinski definition) is 3. The lowest BCUT2D eigenvalue weighted by Crippen LogP contribution is -2.70. The lowest BCUT2D eigenvalue weighted by atomic mass is 9.72. The molecule has 2 heterocycles. The lowest BCUT2D eigenvalue weighted by molar-refractivity contribution is -0.129. The molecule has 3 fully saturated rings. The summed E-state index contributed by atoms with van der Waals surface area (Å²) in [7, 11) is 0. The Morgan fingerprint density at radius 2 is 2.29 bits per heavy atom. The lowest BCUT2D eigenvalue weighted by Gasteiger charge is -2.45. The van der Waals surface area contributed by atoms with Crippen LogP contribution in [0.1, 0.15) is 19.3 Å². The van der Waals surface area contributed by atoms with Crippen molar-refractivity contribution in [3.8, 4) is 0 Å². The van der Waals surface area contributed by atoms with Gasteiger partial charge in [0.1, 0.15) is 6.04 Å². The monoisotopic (exact) mass is 239 g/mol. The highest BCUT2D eigenvalue weighted by Gasteiger charge is 2.53. The highest BCUT2D eigenvalue weighted by atomic mass is 16.5. The summed E-state index contributed by atoms with van der Waals surface area (Å²) in [6.07, 6.45) is 2.06. The molecule has 3 rings (SSSR count). The minimum absolute atomic E-state index is 0.0106. The van der Waals surface area contributed by atoms with Crippen LogP contribution in [0.5, 0.6) is 0 Å². The van der Waals surface area contributed by atoms with E-state index in [4.69, 9.17) is 10.5 Å². The Morgan fingerprint density at radius 1 is 1.47 bits per heavy atom. The van der Waals surface area contributed by atoms with Crippen molar-refractivity contribution in [2.24, 2.45) is 11.7 Å². The maximum absolute atomic E-state index is 11.9. The van der Waals surface area contributed by atoms with Gasteiger partial charge in [0, 0.05) is 25.0 Å². The first-order chi connectivity index (χ1) is 8.16. The largest absolute Gasteiger partial charge is 0.376 e. The zero-order valence-electron chi connectivity index (χ0n) is 9.52. The number of rotatable bonds is 2. The third-order valence-corrected chi connectivity index (χ3v) is 4.07. The minimum Gasteiger partial charge on any atom is -0.376 e. The number of hydrogen-bond acceptors (Lipinski definition) is 4. The molecule has 6 nitrogen and oxygen atoms in total. The molecule has 0 bridgehead atoms. The molecule has 0 spiro atoms. The number of amides is 2. The molecule has 0 aromatic heterocycles. The van der Waals surface area contributed by atoms with Crippen molar-refractivity contribution in [1.82, 2.24) is 10.6 Å². The van der Waals surface area contributed by atoms with E-state index >= 15 is 0 Å².